The minimum absolute atomic E-state index is 0.251. The summed E-state index contributed by atoms with van der Waals surface area (Å²) in [5, 5.41) is 19.4. The minimum Gasteiger partial charge on any atom is -0.477 e. The molecule has 0 unspecified atom stereocenters. The van der Waals surface area contributed by atoms with Crippen LogP contribution in [0.4, 0.5) is 17.1 Å². The summed E-state index contributed by atoms with van der Waals surface area (Å²) in [6.07, 6.45) is 0. The van der Waals surface area contributed by atoms with E-state index in [0.29, 0.717) is 5.57 Å². The van der Waals surface area contributed by atoms with E-state index in [9.17, 15) is 15.2 Å². The zero-order valence-electron chi connectivity index (χ0n) is 17.1. The molecule has 0 fully saturated rings. The first kappa shape index (κ1) is 19.3. The number of carboxylic acids is 1. The number of anilines is 3. The van der Waals surface area contributed by atoms with Crippen molar-refractivity contribution >= 4 is 28.6 Å². The Hall–Kier alpha value is -4.62. The second kappa shape index (κ2) is 7.90. The Balaban J connectivity index is 1.77. The van der Waals surface area contributed by atoms with E-state index < -0.39 is 5.97 Å². The van der Waals surface area contributed by atoms with Gasteiger partial charge in [-0.1, -0.05) is 66.7 Å². The summed E-state index contributed by atoms with van der Waals surface area (Å²) in [5.41, 5.74) is 6.45. The van der Waals surface area contributed by atoms with Crippen LogP contribution in [0, 0.1) is 11.3 Å². The lowest BCUT2D eigenvalue weighted by atomic mass is 9.98. The first-order valence-corrected chi connectivity index (χ1v) is 10.2. The van der Waals surface area contributed by atoms with Crippen molar-refractivity contribution in [2.24, 2.45) is 0 Å². The van der Waals surface area contributed by atoms with Gasteiger partial charge in [-0.3, -0.25) is 0 Å². The third kappa shape index (κ3) is 3.13. The highest BCUT2D eigenvalue weighted by Crippen LogP contribution is 2.48. The number of nitriles is 1. The number of aliphatic carboxylic acids is 1. The van der Waals surface area contributed by atoms with E-state index >= 15 is 0 Å². The molecule has 0 saturated heterocycles. The van der Waals surface area contributed by atoms with Crippen LogP contribution in [0.25, 0.3) is 16.7 Å². The van der Waals surface area contributed by atoms with Crippen LogP contribution in [0.2, 0.25) is 0 Å². The lowest BCUT2D eigenvalue weighted by Gasteiger charge is -2.26. The third-order valence-electron chi connectivity index (χ3n) is 5.62. The van der Waals surface area contributed by atoms with Gasteiger partial charge >= 0.3 is 5.97 Å². The molecule has 4 nitrogen and oxygen atoms in total. The largest absolute Gasteiger partial charge is 0.477 e. The Morgan fingerprint density at radius 2 is 1.19 bits per heavy atom. The minimum atomic E-state index is -1.22. The molecule has 4 aromatic carbocycles. The summed E-state index contributed by atoms with van der Waals surface area (Å²) in [6, 6.07) is 35.5. The summed E-state index contributed by atoms with van der Waals surface area (Å²) < 4.78 is 0. The van der Waals surface area contributed by atoms with Crippen molar-refractivity contribution < 1.29 is 9.90 Å². The van der Waals surface area contributed by atoms with Gasteiger partial charge in [0.2, 0.25) is 0 Å². The van der Waals surface area contributed by atoms with Crippen LogP contribution in [0.5, 0.6) is 0 Å². The fourth-order valence-electron chi connectivity index (χ4n) is 4.28. The van der Waals surface area contributed by atoms with Gasteiger partial charge in [0.05, 0.1) is 0 Å². The number of carbonyl (C=O) groups is 1. The normalized spacial score (nSPS) is 13.0. The summed E-state index contributed by atoms with van der Waals surface area (Å²) >= 11 is 0. The molecule has 0 heterocycles. The summed E-state index contributed by atoms with van der Waals surface area (Å²) in [4.78, 5) is 14.0. The molecule has 0 atom stereocenters. The SMILES string of the molecule is N#C/C(C(=O)O)=C1/c2ccccc2-c2ccc(N(c3ccccc3)c3ccccc3)cc21. The van der Waals surface area contributed by atoms with Crippen molar-refractivity contribution in [3.05, 3.63) is 120 Å². The number of carboxylic acid groups (broad SMARTS) is 1. The standard InChI is InChI=1S/C28H18N2O2/c29-18-26(28(31)32)27-24-14-8-7-13-22(24)23-16-15-21(17-25(23)27)30(19-9-3-1-4-10-19)20-11-5-2-6-12-20/h1-17H,(H,31,32)/b27-26+. The van der Waals surface area contributed by atoms with Gasteiger partial charge in [0.1, 0.15) is 11.6 Å². The maximum absolute atomic E-state index is 11.9. The van der Waals surface area contributed by atoms with Crippen LogP contribution >= 0.6 is 0 Å². The number of nitrogens with zero attached hydrogens (tertiary/aromatic N) is 2. The molecule has 0 saturated carbocycles. The van der Waals surface area contributed by atoms with Gasteiger partial charge in [0.25, 0.3) is 0 Å². The Morgan fingerprint density at radius 3 is 1.75 bits per heavy atom. The van der Waals surface area contributed by atoms with Crippen molar-refractivity contribution in [2.45, 2.75) is 0 Å². The molecule has 0 aliphatic heterocycles. The number of benzene rings is 4. The fourth-order valence-corrected chi connectivity index (χ4v) is 4.28. The third-order valence-corrected chi connectivity index (χ3v) is 5.62. The zero-order valence-corrected chi connectivity index (χ0v) is 17.1. The average Bonchev–Trinajstić information content (AvgIpc) is 3.15. The lowest BCUT2D eigenvalue weighted by molar-refractivity contribution is -0.132. The molecule has 0 spiro atoms. The summed E-state index contributed by atoms with van der Waals surface area (Å²) in [5.74, 6) is -1.22. The molecule has 0 bridgehead atoms. The molecule has 5 rings (SSSR count). The van der Waals surface area contributed by atoms with E-state index in [1.54, 1.807) is 0 Å². The number of para-hydroxylation sites is 2. The van der Waals surface area contributed by atoms with Crippen LogP contribution in [-0.4, -0.2) is 11.1 Å². The van der Waals surface area contributed by atoms with Crippen LogP contribution < -0.4 is 4.90 Å². The molecular weight excluding hydrogens is 396 g/mol. The van der Waals surface area contributed by atoms with E-state index in [1.165, 1.54) is 0 Å². The Kier molecular flexibility index (Phi) is 4.78. The highest BCUT2D eigenvalue weighted by Gasteiger charge is 2.29. The lowest BCUT2D eigenvalue weighted by Crippen LogP contribution is -2.10. The predicted octanol–water partition coefficient (Wildman–Crippen LogP) is 6.55. The second-order valence-corrected chi connectivity index (χ2v) is 7.45. The highest BCUT2D eigenvalue weighted by atomic mass is 16.4. The van der Waals surface area contributed by atoms with Gasteiger partial charge < -0.3 is 10.0 Å². The molecule has 0 aromatic heterocycles. The van der Waals surface area contributed by atoms with Gasteiger partial charge in [-0.15, -0.1) is 0 Å². The molecular formula is C28H18N2O2. The molecule has 0 radical (unpaired) electrons. The molecule has 1 aliphatic carbocycles. The van der Waals surface area contributed by atoms with Gasteiger partial charge in [-0.05, 0) is 58.7 Å². The molecule has 32 heavy (non-hydrogen) atoms. The van der Waals surface area contributed by atoms with Crippen LogP contribution in [0.3, 0.4) is 0 Å². The van der Waals surface area contributed by atoms with Crippen molar-refractivity contribution in [1.82, 2.24) is 0 Å². The molecule has 0 amide bonds. The average molecular weight is 414 g/mol. The van der Waals surface area contributed by atoms with E-state index in [0.717, 1.165) is 39.3 Å². The smallest absolute Gasteiger partial charge is 0.347 e. The van der Waals surface area contributed by atoms with Crippen LogP contribution in [0.15, 0.2) is 109 Å². The zero-order chi connectivity index (χ0) is 22.1. The van der Waals surface area contributed by atoms with Crippen molar-refractivity contribution in [3.63, 3.8) is 0 Å². The van der Waals surface area contributed by atoms with Gasteiger partial charge in [0, 0.05) is 22.6 Å². The first-order chi connectivity index (χ1) is 15.7. The van der Waals surface area contributed by atoms with E-state index in [2.05, 4.69) is 4.90 Å². The number of fused-ring (bicyclic) bond motifs is 3. The van der Waals surface area contributed by atoms with Gasteiger partial charge in [-0.25, -0.2) is 4.79 Å². The number of hydrogen-bond donors (Lipinski definition) is 1. The molecule has 1 N–H and O–H groups in total. The predicted molar refractivity (Wildman–Crippen MR) is 126 cm³/mol. The van der Waals surface area contributed by atoms with Crippen molar-refractivity contribution in [1.29, 1.82) is 5.26 Å². The topological polar surface area (TPSA) is 64.3 Å². The highest BCUT2D eigenvalue weighted by molar-refractivity contribution is 6.12. The number of rotatable bonds is 4. The van der Waals surface area contributed by atoms with Gasteiger partial charge in [0.15, 0.2) is 0 Å². The number of hydrogen-bond acceptors (Lipinski definition) is 3. The van der Waals surface area contributed by atoms with Crippen molar-refractivity contribution in [3.8, 4) is 17.2 Å². The molecule has 152 valence electrons. The van der Waals surface area contributed by atoms with Crippen molar-refractivity contribution in [2.75, 3.05) is 4.90 Å². The molecule has 4 heteroatoms. The quantitative estimate of drug-likeness (QED) is 0.268. The second-order valence-electron chi connectivity index (χ2n) is 7.45. The fraction of sp³-hybridized carbons (Fsp3) is 0. The maximum atomic E-state index is 11.9. The van der Waals surface area contributed by atoms with Gasteiger partial charge in [-0.2, -0.15) is 5.26 Å². The van der Waals surface area contributed by atoms with E-state index in [-0.39, 0.29) is 5.57 Å². The van der Waals surface area contributed by atoms with Crippen LogP contribution in [0.1, 0.15) is 11.1 Å². The Morgan fingerprint density at radius 1 is 0.656 bits per heavy atom. The summed E-state index contributed by atoms with van der Waals surface area (Å²) in [6.45, 7) is 0. The Labute approximate surface area is 185 Å². The van der Waals surface area contributed by atoms with E-state index in [4.69, 9.17) is 0 Å². The van der Waals surface area contributed by atoms with E-state index in [1.807, 2.05) is 109 Å². The van der Waals surface area contributed by atoms with Crippen LogP contribution in [-0.2, 0) is 4.79 Å². The molecule has 4 aromatic rings. The maximum Gasteiger partial charge on any atom is 0.347 e. The Bertz CT molecular complexity index is 1360. The summed E-state index contributed by atoms with van der Waals surface area (Å²) in [7, 11) is 0. The first-order valence-electron chi connectivity index (χ1n) is 10.2. The monoisotopic (exact) mass is 414 g/mol. The molecule has 1 aliphatic rings.